The minimum atomic E-state index is -1.04. The molecule has 0 bridgehead atoms. The van der Waals surface area contributed by atoms with Crippen molar-refractivity contribution in [2.45, 2.75) is 63.3 Å². The molecule has 0 amide bonds. The number of rotatable bonds is 2. The molecule has 1 saturated carbocycles. The largest absolute Gasteiger partial charge is 0.598 e. The number of hydrogen-bond donors (Lipinski definition) is 3. The van der Waals surface area contributed by atoms with E-state index in [-0.39, 0.29) is 22.3 Å². The standard InChI is InChI=1S/C13H26N2O2S/c1-12(2,3)18(17)15-11-9-14-7-6-13(11)5-4-10(16)8-13/h10-11,14-16H,4-9H2,1-3H3/t10-,11?,13?,18-/m1/s1. The topological polar surface area (TPSA) is 67.3 Å². The predicted octanol–water partition coefficient (Wildman–Crippen LogP) is 0.931. The lowest BCUT2D eigenvalue weighted by molar-refractivity contribution is 0.117. The van der Waals surface area contributed by atoms with Gasteiger partial charge < -0.3 is 15.0 Å². The lowest BCUT2D eigenvalue weighted by atomic mass is 9.74. The molecule has 2 unspecified atom stereocenters. The molecule has 0 aromatic rings. The lowest BCUT2D eigenvalue weighted by Gasteiger charge is -2.42. The van der Waals surface area contributed by atoms with Crippen LogP contribution in [0.15, 0.2) is 0 Å². The first kappa shape index (κ1) is 14.6. The van der Waals surface area contributed by atoms with E-state index < -0.39 is 11.4 Å². The highest BCUT2D eigenvalue weighted by atomic mass is 32.2. The zero-order valence-corrected chi connectivity index (χ0v) is 12.5. The summed E-state index contributed by atoms with van der Waals surface area (Å²) >= 11 is -1.04. The first-order chi connectivity index (χ1) is 8.33. The third-order valence-electron chi connectivity index (χ3n) is 4.31. The normalized spacial score (nSPS) is 39.2. The first-order valence-corrected chi connectivity index (χ1v) is 8.05. The second kappa shape index (κ2) is 5.29. The molecule has 1 aliphatic heterocycles. The first-order valence-electron chi connectivity index (χ1n) is 6.90. The highest BCUT2D eigenvalue weighted by Crippen LogP contribution is 2.45. The number of nitrogens with one attached hydrogen (secondary N) is 2. The Morgan fingerprint density at radius 1 is 1.39 bits per heavy atom. The molecule has 1 aliphatic carbocycles. The van der Waals surface area contributed by atoms with E-state index in [1.165, 1.54) is 0 Å². The van der Waals surface area contributed by atoms with Gasteiger partial charge in [0.05, 0.1) is 12.1 Å². The molecule has 0 radical (unpaired) electrons. The number of aliphatic hydroxyl groups is 1. The summed E-state index contributed by atoms with van der Waals surface area (Å²) in [5, 5.41) is 13.2. The van der Waals surface area contributed by atoms with Gasteiger partial charge in [0, 0.05) is 17.9 Å². The fourth-order valence-corrected chi connectivity index (χ4v) is 4.06. The van der Waals surface area contributed by atoms with E-state index in [2.05, 4.69) is 10.0 Å². The summed E-state index contributed by atoms with van der Waals surface area (Å²) in [7, 11) is 0. The summed E-state index contributed by atoms with van der Waals surface area (Å²) in [4.78, 5) is 0. The molecule has 4 nitrogen and oxygen atoms in total. The van der Waals surface area contributed by atoms with Crippen LogP contribution in [0.1, 0.15) is 46.5 Å². The van der Waals surface area contributed by atoms with Crippen molar-refractivity contribution < 1.29 is 9.66 Å². The fourth-order valence-electron chi connectivity index (χ4n) is 3.12. The van der Waals surface area contributed by atoms with Gasteiger partial charge in [-0.05, 0) is 58.4 Å². The van der Waals surface area contributed by atoms with Crippen LogP contribution >= 0.6 is 0 Å². The maximum atomic E-state index is 12.3. The molecule has 3 N–H and O–H groups in total. The van der Waals surface area contributed by atoms with Crippen LogP contribution in [0.25, 0.3) is 0 Å². The van der Waals surface area contributed by atoms with E-state index in [9.17, 15) is 9.66 Å². The summed E-state index contributed by atoms with van der Waals surface area (Å²) in [5.74, 6) is 0. The van der Waals surface area contributed by atoms with Crippen LogP contribution in [-0.4, -0.2) is 39.6 Å². The summed E-state index contributed by atoms with van der Waals surface area (Å²) < 4.78 is 15.3. The SMILES string of the molecule is CC(C)(C)[S@@+]([O-])NC1CNCCC12CC[C@@H](O)C2. The average molecular weight is 274 g/mol. The van der Waals surface area contributed by atoms with E-state index in [1.54, 1.807) is 0 Å². The third-order valence-corrected chi connectivity index (χ3v) is 5.92. The molecule has 18 heavy (non-hydrogen) atoms. The van der Waals surface area contributed by atoms with Gasteiger partial charge in [-0.2, -0.15) is 0 Å². The number of piperidine rings is 1. The molecular weight excluding hydrogens is 248 g/mol. The van der Waals surface area contributed by atoms with E-state index in [1.807, 2.05) is 20.8 Å². The number of aliphatic hydroxyl groups excluding tert-OH is 1. The van der Waals surface area contributed by atoms with Gasteiger partial charge in [-0.25, -0.2) is 0 Å². The highest BCUT2D eigenvalue weighted by Gasteiger charge is 2.48. The minimum Gasteiger partial charge on any atom is -0.598 e. The molecule has 5 heteroatoms. The Kier molecular flexibility index (Phi) is 4.29. The van der Waals surface area contributed by atoms with Gasteiger partial charge in [-0.3, -0.25) is 0 Å². The van der Waals surface area contributed by atoms with E-state index in [0.29, 0.717) is 0 Å². The van der Waals surface area contributed by atoms with Gasteiger partial charge in [-0.1, -0.05) is 0 Å². The quantitative estimate of drug-likeness (QED) is 0.655. The summed E-state index contributed by atoms with van der Waals surface area (Å²) in [6.45, 7) is 7.83. The summed E-state index contributed by atoms with van der Waals surface area (Å²) in [5.41, 5.74) is 0.144. The lowest BCUT2D eigenvalue weighted by Crippen LogP contribution is -2.58. The molecule has 106 valence electrons. The van der Waals surface area contributed by atoms with Crippen molar-refractivity contribution in [3.05, 3.63) is 0 Å². The van der Waals surface area contributed by atoms with E-state index in [4.69, 9.17) is 0 Å². The molecule has 2 aliphatic rings. The molecule has 1 spiro atoms. The molecular formula is C13H26N2O2S. The van der Waals surface area contributed by atoms with Crippen molar-refractivity contribution >= 4 is 11.4 Å². The van der Waals surface area contributed by atoms with Crippen molar-refractivity contribution in [2.24, 2.45) is 5.41 Å². The Labute approximate surface area is 113 Å². The Bertz CT molecular complexity index is 291. The Morgan fingerprint density at radius 2 is 2.11 bits per heavy atom. The van der Waals surface area contributed by atoms with Gasteiger partial charge >= 0.3 is 0 Å². The molecule has 0 aromatic heterocycles. The highest BCUT2D eigenvalue weighted by molar-refractivity contribution is 7.90. The summed E-state index contributed by atoms with van der Waals surface area (Å²) in [6, 6.07) is 0.212. The van der Waals surface area contributed by atoms with Gasteiger partial charge in [-0.15, -0.1) is 4.72 Å². The van der Waals surface area contributed by atoms with Crippen LogP contribution in [0.3, 0.4) is 0 Å². The fraction of sp³-hybridized carbons (Fsp3) is 1.00. The van der Waals surface area contributed by atoms with Crippen molar-refractivity contribution in [3.63, 3.8) is 0 Å². The van der Waals surface area contributed by atoms with Crippen LogP contribution in [0, 0.1) is 5.41 Å². The Balaban J connectivity index is 2.05. The van der Waals surface area contributed by atoms with Crippen LogP contribution in [-0.2, 0) is 11.4 Å². The van der Waals surface area contributed by atoms with Gasteiger partial charge in [0.1, 0.15) is 4.75 Å². The van der Waals surface area contributed by atoms with Crippen LogP contribution in [0.4, 0.5) is 0 Å². The van der Waals surface area contributed by atoms with Gasteiger partial charge in [0.15, 0.2) is 0 Å². The molecule has 4 atom stereocenters. The molecule has 0 aromatic carbocycles. The molecule has 2 rings (SSSR count). The second-order valence-corrected chi connectivity index (χ2v) is 8.76. The monoisotopic (exact) mass is 274 g/mol. The van der Waals surface area contributed by atoms with Gasteiger partial charge in [0.2, 0.25) is 0 Å². The Hall–Kier alpha value is 0.190. The van der Waals surface area contributed by atoms with Gasteiger partial charge in [0.25, 0.3) is 0 Å². The van der Waals surface area contributed by atoms with E-state index in [0.717, 1.165) is 38.8 Å². The number of hydrogen-bond acceptors (Lipinski definition) is 4. The zero-order chi connectivity index (χ0) is 13.4. The third kappa shape index (κ3) is 3.02. The van der Waals surface area contributed by atoms with E-state index >= 15 is 0 Å². The maximum absolute atomic E-state index is 12.3. The van der Waals surface area contributed by atoms with Crippen LogP contribution in [0.2, 0.25) is 0 Å². The van der Waals surface area contributed by atoms with Crippen molar-refractivity contribution in [1.29, 1.82) is 0 Å². The second-order valence-electron chi connectivity index (χ2n) is 6.76. The predicted molar refractivity (Wildman–Crippen MR) is 74.6 cm³/mol. The van der Waals surface area contributed by atoms with Crippen LogP contribution in [0.5, 0.6) is 0 Å². The van der Waals surface area contributed by atoms with Crippen LogP contribution < -0.4 is 10.0 Å². The Morgan fingerprint density at radius 3 is 2.67 bits per heavy atom. The molecule has 1 heterocycles. The van der Waals surface area contributed by atoms with Crippen molar-refractivity contribution in [2.75, 3.05) is 13.1 Å². The maximum Gasteiger partial charge on any atom is 0.136 e. The molecule has 2 fully saturated rings. The molecule has 1 saturated heterocycles. The zero-order valence-electron chi connectivity index (χ0n) is 11.7. The smallest absolute Gasteiger partial charge is 0.136 e. The minimum absolute atomic E-state index is 0.144. The van der Waals surface area contributed by atoms with Crippen molar-refractivity contribution in [3.8, 4) is 0 Å². The van der Waals surface area contributed by atoms with Crippen molar-refractivity contribution in [1.82, 2.24) is 10.0 Å². The average Bonchev–Trinajstić information content (AvgIpc) is 2.63. The summed E-state index contributed by atoms with van der Waals surface area (Å²) in [6.07, 6.45) is 3.70.